The Hall–Kier alpha value is -3.47. The molecule has 0 aromatic heterocycles. The molecule has 1 saturated heterocycles. The summed E-state index contributed by atoms with van der Waals surface area (Å²) in [6.45, 7) is 3.16. The summed E-state index contributed by atoms with van der Waals surface area (Å²) in [5.41, 5.74) is 3.60. The molecule has 0 bridgehead atoms. The van der Waals surface area contributed by atoms with Crippen LogP contribution in [-0.4, -0.2) is 29.8 Å². The van der Waals surface area contributed by atoms with Crippen LogP contribution in [0.1, 0.15) is 33.0 Å². The van der Waals surface area contributed by atoms with Crippen molar-refractivity contribution in [1.82, 2.24) is 10.2 Å². The van der Waals surface area contributed by atoms with Gasteiger partial charge in [-0.2, -0.15) is 0 Å². The quantitative estimate of drug-likeness (QED) is 0.674. The van der Waals surface area contributed by atoms with Gasteiger partial charge in [0.15, 0.2) is 0 Å². The van der Waals surface area contributed by atoms with Gasteiger partial charge in [-0.3, -0.25) is 9.59 Å². The highest BCUT2D eigenvalue weighted by Crippen LogP contribution is 2.33. The number of carbonyl (C=O) groups is 2. The van der Waals surface area contributed by atoms with E-state index in [4.69, 9.17) is 0 Å². The Labute approximate surface area is 181 Å². The number of nitrogens with zero attached hydrogens (tertiary/aromatic N) is 1. The maximum Gasteiger partial charge on any atom is 0.253 e. The summed E-state index contributed by atoms with van der Waals surface area (Å²) >= 11 is 0. The van der Waals surface area contributed by atoms with Crippen LogP contribution in [0.4, 0.5) is 4.39 Å². The minimum absolute atomic E-state index is 0.0604. The molecule has 2 unspecified atom stereocenters. The van der Waals surface area contributed by atoms with Gasteiger partial charge in [0.1, 0.15) is 5.82 Å². The van der Waals surface area contributed by atoms with Crippen molar-refractivity contribution in [3.8, 4) is 0 Å². The van der Waals surface area contributed by atoms with Crippen LogP contribution < -0.4 is 5.32 Å². The normalized spacial score (nSPS) is 18.1. The lowest BCUT2D eigenvalue weighted by Crippen LogP contribution is -2.35. The highest BCUT2D eigenvalue weighted by molar-refractivity contribution is 5.95. The van der Waals surface area contributed by atoms with Crippen LogP contribution in [-0.2, 0) is 11.3 Å². The van der Waals surface area contributed by atoms with Gasteiger partial charge in [0.2, 0.25) is 5.91 Å². The number of likely N-dealkylation sites (tertiary alicyclic amines) is 1. The highest BCUT2D eigenvalue weighted by Gasteiger charge is 2.40. The lowest BCUT2D eigenvalue weighted by Gasteiger charge is -2.18. The van der Waals surface area contributed by atoms with E-state index in [1.807, 2.05) is 61.5 Å². The largest absolute Gasteiger partial charge is 0.352 e. The number of rotatable bonds is 5. The number of hydrogen-bond acceptors (Lipinski definition) is 2. The zero-order chi connectivity index (χ0) is 21.8. The number of benzene rings is 3. The van der Waals surface area contributed by atoms with Gasteiger partial charge in [0.05, 0.1) is 5.92 Å². The molecule has 4 rings (SSSR count). The maximum atomic E-state index is 13.1. The molecule has 158 valence electrons. The number of amides is 2. The molecule has 1 fully saturated rings. The van der Waals surface area contributed by atoms with E-state index in [2.05, 4.69) is 5.32 Å². The standard InChI is InChI=1S/C26H25FN2O2/c1-18-7-11-21(12-8-18)26(31)29-16-23(20-5-3-2-4-6-20)24(17-29)25(30)28-15-19-9-13-22(27)14-10-19/h2-14,23-24H,15-17H2,1H3,(H,28,30). The first kappa shape index (κ1) is 20.8. The smallest absolute Gasteiger partial charge is 0.253 e. The minimum Gasteiger partial charge on any atom is -0.352 e. The predicted octanol–water partition coefficient (Wildman–Crippen LogP) is 4.31. The van der Waals surface area contributed by atoms with Crippen molar-refractivity contribution in [2.24, 2.45) is 5.92 Å². The molecule has 1 aliphatic rings. The van der Waals surface area contributed by atoms with Gasteiger partial charge in [-0.25, -0.2) is 4.39 Å². The molecule has 3 aromatic carbocycles. The van der Waals surface area contributed by atoms with Crippen molar-refractivity contribution < 1.29 is 14.0 Å². The Balaban J connectivity index is 1.51. The van der Waals surface area contributed by atoms with Crippen LogP contribution in [0.3, 0.4) is 0 Å². The Morgan fingerprint density at radius 3 is 2.29 bits per heavy atom. The number of aryl methyl sites for hydroxylation is 1. The highest BCUT2D eigenvalue weighted by atomic mass is 19.1. The molecule has 5 heteroatoms. The molecule has 1 heterocycles. The molecule has 4 nitrogen and oxygen atoms in total. The molecule has 2 atom stereocenters. The van der Waals surface area contributed by atoms with E-state index in [0.717, 1.165) is 16.7 Å². The molecular formula is C26H25FN2O2. The summed E-state index contributed by atoms with van der Waals surface area (Å²) in [5, 5.41) is 2.97. The Morgan fingerprint density at radius 2 is 1.61 bits per heavy atom. The number of halogens is 1. The van der Waals surface area contributed by atoms with E-state index in [9.17, 15) is 14.0 Å². The van der Waals surface area contributed by atoms with Gasteiger partial charge in [0, 0.05) is 31.1 Å². The van der Waals surface area contributed by atoms with Crippen molar-refractivity contribution in [2.45, 2.75) is 19.4 Å². The van der Waals surface area contributed by atoms with E-state index < -0.39 is 0 Å². The Morgan fingerprint density at radius 1 is 0.935 bits per heavy atom. The van der Waals surface area contributed by atoms with Crippen molar-refractivity contribution >= 4 is 11.8 Å². The first-order chi connectivity index (χ1) is 15.0. The number of hydrogen-bond donors (Lipinski definition) is 1. The fourth-order valence-corrected chi connectivity index (χ4v) is 4.07. The SMILES string of the molecule is Cc1ccc(C(=O)N2CC(C(=O)NCc3ccc(F)cc3)C(c3ccccc3)C2)cc1. The minimum atomic E-state index is -0.350. The van der Waals surface area contributed by atoms with Crippen molar-refractivity contribution in [3.63, 3.8) is 0 Å². The zero-order valence-corrected chi connectivity index (χ0v) is 17.4. The van der Waals surface area contributed by atoms with Gasteiger partial charge in [-0.15, -0.1) is 0 Å². The maximum absolute atomic E-state index is 13.1. The molecule has 1 N–H and O–H groups in total. The third-order valence-corrected chi connectivity index (χ3v) is 5.85. The molecule has 2 amide bonds. The topological polar surface area (TPSA) is 49.4 Å². The van der Waals surface area contributed by atoms with E-state index >= 15 is 0 Å². The van der Waals surface area contributed by atoms with Gasteiger partial charge < -0.3 is 10.2 Å². The second-order valence-corrected chi connectivity index (χ2v) is 8.04. The molecule has 0 saturated carbocycles. The van der Waals surface area contributed by atoms with E-state index in [1.165, 1.54) is 12.1 Å². The first-order valence-electron chi connectivity index (χ1n) is 10.4. The molecule has 0 radical (unpaired) electrons. The predicted molar refractivity (Wildman–Crippen MR) is 118 cm³/mol. The molecular weight excluding hydrogens is 391 g/mol. The summed E-state index contributed by atoms with van der Waals surface area (Å²) in [7, 11) is 0. The lowest BCUT2D eigenvalue weighted by molar-refractivity contribution is -0.125. The molecule has 31 heavy (non-hydrogen) atoms. The van der Waals surface area contributed by atoms with Crippen LogP contribution in [0.15, 0.2) is 78.9 Å². The second-order valence-electron chi connectivity index (χ2n) is 8.04. The van der Waals surface area contributed by atoms with Gasteiger partial charge >= 0.3 is 0 Å². The zero-order valence-electron chi connectivity index (χ0n) is 17.4. The average molecular weight is 416 g/mol. The van der Waals surface area contributed by atoms with Gasteiger partial charge in [0.25, 0.3) is 5.91 Å². The monoisotopic (exact) mass is 416 g/mol. The summed E-state index contributed by atoms with van der Waals surface area (Å²) < 4.78 is 13.1. The van der Waals surface area contributed by atoms with Crippen LogP contribution in [0, 0.1) is 18.7 Å². The summed E-state index contributed by atoms with van der Waals surface area (Å²) in [6.07, 6.45) is 0. The van der Waals surface area contributed by atoms with E-state index in [-0.39, 0.29) is 29.5 Å². The van der Waals surface area contributed by atoms with Gasteiger partial charge in [-0.1, -0.05) is 60.2 Å². The molecule has 3 aromatic rings. The van der Waals surface area contributed by atoms with Crippen LogP contribution in [0.2, 0.25) is 0 Å². The Kier molecular flexibility index (Phi) is 6.12. The number of nitrogens with one attached hydrogen (secondary N) is 1. The Bertz CT molecular complexity index is 1050. The van der Waals surface area contributed by atoms with Crippen molar-refractivity contribution in [2.75, 3.05) is 13.1 Å². The molecule has 1 aliphatic heterocycles. The van der Waals surface area contributed by atoms with Crippen LogP contribution in [0.25, 0.3) is 0 Å². The first-order valence-corrected chi connectivity index (χ1v) is 10.4. The number of carbonyl (C=O) groups excluding carboxylic acids is 2. The summed E-state index contributed by atoms with van der Waals surface area (Å²) in [4.78, 5) is 27.9. The lowest BCUT2D eigenvalue weighted by atomic mass is 9.88. The fraction of sp³-hybridized carbons (Fsp3) is 0.231. The molecule has 0 spiro atoms. The van der Waals surface area contributed by atoms with Gasteiger partial charge in [-0.05, 0) is 42.3 Å². The second kappa shape index (κ2) is 9.13. The van der Waals surface area contributed by atoms with Crippen molar-refractivity contribution in [3.05, 3.63) is 107 Å². The third-order valence-electron chi connectivity index (χ3n) is 5.85. The fourth-order valence-electron chi connectivity index (χ4n) is 4.07. The average Bonchev–Trinajstić information content (AvgIpc) is 3.25. The summed E-state index contributed by atoms with van der Waals surface area (Å²) in [5.74, 6) is -0.895. The molecule has 0 aliphatic carbocycles. The third kappa shape index (κ3) is 4.82. The van der Waals surface area contributed by atoms with Crippen molar-refractivity contribution in [1.29, 1.82) is 0 Å². The summed E-state index contributed by atoms with van der Waals surface area (Å²) in [6, 6.07) is 23.4. The van der Waals surface area contributed by atoms with Crippen LogP contribution >= 0.6 is 0 Å². The van der Waals surface area contributed by atoms with Crippen LogP contribution in [0.5, 0.6) is 0 Å². The van der Waals surface area contributed by atoms with E-state index in [1.54, 1.807) is 17.0 Å². The van der Waals surface area contributed by atoms with E-state index in [0.29, 0.717) is 25.2 Å².